The van der Waals surface area contributed by atoms with Crippen molar-refractivity contribution in [2.24, 2.45) is 0 Å². The number of hydrogen-bond donors (Lipinski definition) is 1. The summed E-state index contributed by atoms with van der Waals surface area (Å²) in [6.07, 6.45) is 5.90. The molecule has 0 spiro atoms. The van der Waals surface area contributed by atoms with Gasteiger partial charge in [0.05, 0.1) is 16.1 Å². The number of anilines is 1. The van der Waals surface area contributed by atoms with Crippen molar-refractivity contribution in [3.05, 3.63) is 56.5 Å². The fourth-order valence-electron chi connectivity index (χ4n) is 3.71. The third-order valence-corrected chi connectivity index (χ3v) is 6.53. The molecule has 3 heterocycles. The number of carbonyl (C=O) groups excluding carboxylic acids is 1. The lowest BCUT2D eigenvalue weighted by Gasteiger charge is -2.10. The molecular weight excluding hydrogens is 398 g/mol. The molecule has 28 heavy (non-hydrogen) atoms. The first-order valence-corrected chi connectivity index (χ1v) is 10.2. The Hall–Kier alpha value is -2.71. The van der Waals surface area contributed by atoms with E-state index in [4.69, 9.17) is 11.6 Å². The van der Waals surface area contributed by atoms with E-state index in [1.165, 1.54) is 21.5 Å². The van der Waals surface area contributed by atoms with Gasteiger partial charge in [0.2, 0.25) is 5.91 Å². The Labute approximate surface area is 168 Å². The van der Waals surface area contributed by atoms with E-state index >= 15 is 0 Å². The molecule has 0 atom stereocenters. The second kappa shape index (κ2) is 6.72. The molecule has 0 radical (unpaired) electrons. The predicted molar refractivity (Wildman–Crippen MR) is 109 cm³/mol. The molecule has 1 N–H and O–H groups in total. The second-order valence-electron chi connectivity index (χ2n) is 6.78. The largest absolute Gasteiger partial charge is 0.365 e. The van der Waals surface area contributed by atoms with Gasteiger partial charge >= 0.3 is 5.69 Å². The molecule has 0 fully saturated rings. The Balaban J connectivity index is 1.55. The molecule has 0 saturated carbocycles. The van der Waals surface area contributed by atoms with Gasteiger partial charge in [-0.25, -0.2) is 19.0 Å². The van der Waals surface area contributed by atoms with Crippen molar-refractivity contribution in [1.29, 1.82) is 0 Å². The molecule has 0 aliphatic heterocycles. The number of carbonyl (C=O) groups is 1. The summed E-state index contributed by atoms with van der Waals surface area (Å²) in [5.74, 6) is -0.357. The van der Waals surface area contributed by atoms with Gasteiger partial charge in [-0.15, -0.1) is 11.3 Å². The molecule has 1 aliphatic rings. The number of thiophene rings is 1. The minimum Gasteiger partial charge on any atom is -0.323 e. The molecule has 142 valence electrons. The van der Waals surface area contributed by atoms with Crippen LogP contribution in [0.15, 0.2) is 35.4 Å². The lowest BCUT2D eigenvalue weighted by Crippen LogP contribution is -2.28. The van der Waals surface area contributed by atoms with Crippen LogP contribution in [0.25, 0.3) is 15.9 Å². The van der Waals surface area contributed by atoms with Gasteiger partial charge in [-0.1, -0.05) is 23.7 Å². The van der Waals surface area contributed by atoms with Crippen LogP contribution < -0.4 is 11.0 Å². The van der Waals surface area contributed by atoms with Crippen molar-refractivity contribution >= 4 is 50.4 Å². The topological polar surface area (TPSA) is 81.3 Å². The minimum absolute atomic E-state index is 0.176. The number of halogens is 1. The van der Waals surface area contributed by atoms with E-state index in [9.17, 15) is 9.59 Å². The summed E-state index contributed by atoms with van der Waals surface area (Å²) in [7, 11) is 0. The number of benzene rings is 1. The van der Waals surface area contributed by atoms with Gasteiger partial charge in [0.25, 0.3) is 0 Å². The Bertz CT molecular complexity index is 1290. The molecule has 5 rings (SSSR count). The molecule has 4 aromatic rings. The zero-order valence-corrected chi connectivity index (χ0v) is 16.4. The predicted octanol–water partition coefficient (Wildman–Crippen LogP) is 3.28. The maximum Gasteiger partial charge on any atom is 0.365 e. The van der Waals surface area contributed by atoms with Crippen molar-refractivity contribution < 1.29 is 4.79 Å². The van der Waals surface area contributed by atoms with Gasteiger partial charge in [0, 0.05) is 4.88 Å². The first-order chi connectivity index (χ1) is 13.6. The molecule has 3 aromatic heterocycles. The number of rotatable bonds is 3. The lowest BCUT2D eigenvalue weighted by molar-refractivity contribution is -0.117. The van der Waals surface area contributed by atoms with Crippen LogP contribution in [-0.4, -0.2) is 25.1 Å². The van der Waals surface area contributed by atoms with E-state index in [0.29, 0.717) is 16.4 Å². The van der Waals surface area contributed by atoms with Crippen LogP contribution in [0.4, 0.5) is 5.69 Å². The van der Waals surface area contributed by atoms with E-state index in [0.717, 1.165) is 29.5 Å². The molecule has 0 unspecified atom stereocenters. The van der Waals surface area contributed by atoms with Gasteiger partial charge in [-0.2, -0.15) is 4.98 Å². The smallest absolute Gasteiger partial charge is 0.323 e. The maximum atomic E-state index is 12.5. The highest BCUT2D eigenvalue weighted by molar-refractivity contribution is 7.19. The summed E-state index contributed by atoms with van der Waals surface area (Å²) in [5.41, 5.74) is 1.85. The molecule has 1 aliphatic carbocycles. The van der Waals surface area contributed by atoms with Crippen LogP contribution >= 0.6 is 22.9 Å². The van der Waals surface area contributed by atoms with Gasteiger partial charge in [0.15, 0.2) is 5.65 Å². The van der Waals surface area contributed by atoms with E-state index < -0.39 is 5.69 Å². The van der Waals surface area contributed by atoms with Crippen molar-refractivity contribution in [3.8, 4) is 0 Å². The SMILES string of the molecule is O=C(Cn1c(=O)nc2c3c4c(sc3ncn21)CCCC4)Nc1ccccc1Cl. The van der Waals surface area contributed by atoms with Crippen LogP contribution in [-0.2, 0) is 24.2 Å². The minimum atomic E-state index is -0.473. The molecule has 9 heteroatoms. The third-order valence-electron chi connectivity index (χ3n) is 5.00. The van der Waals surface area contributed by atoms with E-state index in [1.807, 2.05) is 0 Å². The number of nitrogens with zero attached hydrogens (tertiary/aromatic N) is 4. The van der Waals surface area contributed by atoms with Crippen LogP contribution in [0, 0.1) is 0 Å². The second-order valence-corrected chi connectivity index (χ2v) is 8.27. The number of aromatic nitrogens is 4. The number of fused-ring (bicyclic) bond motifs is 5. The normalized spacial score (nSPS) is 13.8. The van der Waals surface area contributed by atoms with Gasteiger partial charge < -0.3 is 5.32 Å². The van der Waals surface area contributed by atoms with Crippen molar-refractivity contribution in [3.63, 3.8) is 0 Å². The van der Waals surface area contributed by atoms with Crippen molar-refractivity contribution in [1.82, 2.24) is 19.2 Å². The Kier molecular flexibility index (Phi) is 4.17. The average molecular weight is 414 g/mol. The Morgan fingerprint density at radius 3 is 2.93 bits per heavy atom. The van der Waals surface area contributed by atoms with Crippen molar-refractivity contribution in [2.45, 2.75) is 32.2 Å². The third kappa shape index (κ3) is 2.80. The lowest BCUT2D eigenvalue weighted by atomic mass is 9.97. The Morgan fingerprint density at radius 1 is 1.25 bits per heavy atom. The van der Waals surface area contributed by atoms with Crippen LogP contribution in [0.3, 0.4) is 0 Å². The number of aryl methyl sites for hydroxylation is 2. The number of nitrogens with one attached hydrogen (secondary N) is 1. The highest BCUT2D eigenvalue weighted by Crippen LogP contribution is 2.36. The van der Waals surface area contributed by atoms with Crippen molar-refractivity contribution in [2.75, 3.05) is 5.32 Å². The van der Waals surface area contributed by atoms with E-state index in [2.05, 4.69) is 15.3 Å². The summed E-state index contributed by atoms with van der Waals surface area (Å²) in [6, 6.07) is 6.96. The Morgan fingerprint density at radius 2 is 2.07 bits per heavy atom. The highest BCUT2D eigenvalue weighted by atomic mass is 35.5. The fraction of sp³-hybridized carbons (Fsp3) is 0.263. The molecular formula is C19H16ClN5O2S. The van der Waals surface area contributed by atoms with Crippen LogP contribution in [0.2, 0.25) is 5.02 Å². The first-order valence-electron chi connectivity index (χ1n) is 9.04. The maximum absolute atomic E-state index is 12.5. The summed E-state index contributed by atoms with van der Waals surface area (Å²) < 4.78 is 2.87. The quantitative estimate of drug-likeness (QED) is 0.558. The van der Waals surface area contributed by atoms with Crippen LogP contribution in [0.5, 0.6) is 0 Å². The number of hydrogen-bond acceptors (Lipinski definition) is 5. The molecule has 7 nitrogen and oxygen atoms in total. The summed E-state index contributed by atoms with van der Waals surface area (Å²) in [4.78, 5) is 36.0. The molecule has 0 saturated heterocycles. The van der Waals surface area contributed by atoms with Gasteiger partial charge in [-0.05, 0) is 43.4 Å². The molecule has 0 bridgehead atoms. The van der Waals surface area contributed by atoms with E-state index in [-0.39, 0.29) is 12.5 Å². The summed E-state index contributed by atoms with van der Waals surface area (Å²) >= 11 is 7.76. The van der Waals surface area contributed by atoms with Gasteiger partial charge in [-0.3, -0.25) is 4.79 Å². The fourth-order valence-corrected chi connectivity index (χ4v) is 5.11. The molecule has 1 amide bonds. The van der Waals surface area contributed by atoms with Crippen LogP contribution in [0.1, 0.15) is 23.3 Å². The monoisotopic (exact) mass is 413 g/mol. The van der Waals surface area contributed by atoms with E-state index in [1.54, 1.807) is 46.4 Å². The molecule has 1 aromatic carbocycles. The van der Waals surface area contributed by atoms with Gasteiger partial charge in [0.1, 0.15) is 17.7 Å². The highest BCUT2D eigenvalue weighted by Gasteiger charge is 2.22. The zero-order valence-electron chi connectivity index (χ0n) is 14.8. The first kappa shape index (κ1) is 17.4. The summed E-state index contributed by atoms with van der Waals surface area (Å²) in [6.45, 7) is -0.176. The number of para-hydroxylation sites is 1. The number of amides is 1. The zero-order chi connectivity index (χ0) is 19.3. The standard InChI is InChI=1S/C19H16ClN5O2S/c20-12-6-2-3-7-13(12)22-15(26)9-24-19(27)23-17-16-11-5-1-4-8-14(11)28-18(16)21-10-25(17)24/h2-3,6-7,10H,1,4-5,8-9H2,(H,22,26). The average Bonchev–Trinajstić information content (AvgIpc) is 3.21. The summed E-state index contributed by atoms with van der Waals surface area (Å²) in [5, 5.41) is 4.12.